The highest BCUT2D eigenvalue weighted by atomic mass is 16.7. The molecule has 2 aromatic carbocycles. The van der Waals surface area contributed by atoms with Crippen LogP contribution in [0.15, 0.2) is 42.2 Å². The number of benzene rings is 2. The van der Waals surface area contributed by atoms with Gasteiger partial charge in [-0.05, 0) is 41.8 Å². The second-order valence-electron chi connectivity index (χ2n) is 7.61. The Morgan fingerprint density at radius 2 is 1.91 bits per heavy atom. The van der Waals surface area contributed by atoms with E-state index in [1.54, 1.807) is 44.2 Å². The summed E-state index contributed by atoms with van der Waals surface area (Å²) in [6.45, 7) is 3.07. The molecule has 2 heterocycles. The first kappa shape index (κ1) is 21.2. The number of fused-ring (bicyclic) bond motifs is 2. The second kappa shape index (κ2) is 8.62. The van der Waals surface area contributed by atoms with Gasteiger partial charge in [-0.2, -0.15) is 0 Å². The van der Waals surface area contributed by atoms with Crippen molar-refractivity contribution in [3.05, 3.63) is 53.3 Å². The lowest BCUT2D eigenvalue weighted by molar-refractivity contribution is -0.309. The lowest BCUT2D eigenvalue weighted by Gasteiger charge is -2.23. The SMILES string of the molecule is CC(C)[C@H](NC(=O)COc1ccc2c(c1)O/C(=C\c1ccc3c(c1)OCO3)C2=O)C(=O)[O-]. The van der Waals surface area contributed by atoms with Crippen LogP contribution in [0.4, 0.5) is 0 Å². The third kappa shape index (κ3) is 4.36. The summed E-state index contributed by atoms with van der Waals surface area (Å²) in [6, 6.07) is 8.75. The molecule has 166 valence electrons. The summed E-state index contributed by atoms with van der Waals surface area (Å²) >= 11 is 0. The van der Waals surface area contributed by atoms with E-state index in [0.29, 0.717) is 34.1 Å². The highest BCUT2D eigenvalue weighted by molar-refractivity contribution is 6.14. The van der Waals surface area contributed by atoms with Gasteiger partial charge in [-0.1, -0.05) is 19.9 Å². The molecule has 0 aromatic heterocycles. The van der Waals surface area contributed by atoms with Crippen molar-refractivity contribution in [2.75, 3.05) is 13.4 Å². The highest BCUT2D eigenvalue weighted by Crippen LogP contribution is 2.37. The number of ether oxygens (including phenoxy) is 4. The van der Waals surface area contributed by atoms with Gasteiger partial charge in [0.2, 0.25) is 12.6 Å². The second-order valence-corrected chi connectivity index (χ2v) is 7.61. The Bertz CT molecular complexity index is 1120. The third-order valence-corrected chi connectivity index (χ3v) is 4.94. The van der Waals surface area contributed by atoms with Crippen LogP contribution in [0.1, 0.15) is 29.8 Å². The quantitative estimate of drug-likeness (QED) is 0.642. The average molecular weight is 438 g/mol. The zero-order valence-electron chi connectivity index (χ0n) is 17.4. The van der Waals surface area contributed by atoms with Crippen LogP contribution in [0.3, 0.4) is 0 Å². The molecule has 0 saturated heterocycles. The molecule has 1 amide bonds. The highest BCUT2D eigenvalue weighted by Gasteiger charge is 2.28. The molecule has 1 N–H and O–H groups in total. The molecule has 9 nitrogen and oxygen atoms in total. The van der Waals surface area contributed by atoms with Gasteiger partial charge in [0.15, 0.2) is 23.9 Å². The van der Waals surface area contributed by atoms with E-state index in [2.05, 4.69) is 5.32 Å². The number of ketones is 1. The molecule has 2 aliphatic heterocycles. The fraction of sp³-hybridized carbons (Fsp3) is 0.261. The molecular formula is C23H20NO8-. The molecule has 0 fully saturated rings. The zero-order valence-corrected chi connectivity index (χ0v) is 17.4. The van der Waals surface area contributed by atoms with Crippen LogP contribution in [0, 0.1) is 5.92 Å². The number of carbonyl (C=O) groups excluding carboxylic acids is 3. The first-order valence-electron chi connectivity index (χ1n) is 9.93. The van der Waals surface area contributed by atoms with Crippen LogP contribution in [0.25, 0.3) is 6.08 Å². The van der Waals surface area contributed by atoms with Gasteiger partial charge < -0.3 is 34.2 Å². The Balaban J connectivity index is 1.42. The predicted molar refractivity (Wildman–Crippen MR) is 109 cm³/mol. The van der Waals surface area contributed by atoms with Gasteiger partial charge in [-0.15, -0.1) is 0 Å². The monoisotopic (exact) mass is 438 g/mol. The summed E-state index contributed by atoms with van der Waals surface area (Å²) in [4.78, 5) is 35.8. The number of hydrogen-bond acceptors (Lipinski definition) is 8. The van der Waals surface area contributed by atoms with Crippen LogP contribution < -0.4 is 29.4 Å². The van der Waals surface area contributed by atoms with Gasteiger partial charge in [0.25, 0.3) is 5.91 Å². The topological polar surface area (TPSA) is 123 Å². The van der Waals surface area contributed by atoms with E-state index in [-0.39, 0.29) is 24.3 Å². The van der Waals surface area contributed by atoms with Crippen molar-refractivity contribution in [3.8, 4) is 23.0 Å². The minimum atomic E-state index is -1.36. The van der Waals surface area contributed by atoms with Crippen molar-refractivity contribution < 1.29 is 38.4 Å². The van der Waals surface area contributed by atoms with E-state index in [1.165, 1.54) is 12.1 Å². The maximum Gasteiger partial charge on any atom is 0.258 e. The molecule has 0 radical (unpaired) electrons. The van der Waals surface area contributed by atoms with Gasteiger partial charge in [-0.25, -0.2) is 0 Å². The van der Waals surface area contributed by atoms with Crippen molar-refractivity contribution >= 4 is 23.7 Å². The smallest absolute Gasteiger partial charge is 0.258 e. The average Bonchev–Trinajstić information content (AvgIpc) is 3.34. The third-order valence-electron chi connectivity index (χ3n) is 4.94. The summed E-state index contributed by atoms with van der Waals surface area (Å²) in [6.07, 6.45) is 1.60. The number of hydrogen-bond donors (Lipinski definition) is 1. The molecule has 0 aliphatic carbocycles. The number of aliphatic carboxylic acids is 1. The van der Waals surface area contributed by atoms with Crippen LogP contribution >= 0.6 is 0 Å². The maximum absolute atomic E-state index is 12.6. The predicted octanol–water partition coefficient (Wildman–Crippen LogP) is 1.30. The lowest BCUT2D eigenvalue weighted by Crippen LogP contribution is -2.51. The van der Waals surface area contributed by atoms with Gasteiger partial charge in [-0.3, -0.25) is 9.59 Å². The molecule has 2 aromatic rings. The lowest BCUT2D eigenvalue weighted by atomic mass is 10.1. The number of carboxylic acid groups (broad SMARTS) is 1. The van der Waals surface area contributed by atoms with Crippen LogP contribution in [0.5, 0.6) is 23.0 Å². The van der Waals surface area contributed by atoms with Crippen molar-refractivity contribution in [2.45, 2.75) is 19.9 Å². The molecular weight excluding hydrogens is 418 g/mol. The Morgan fingerprint density at radius 3 is 2.66 bits per heavy atom. The van der Waals surface area contributed by atoms with Crippen LogP contribution in [-0.4, -0.2) is 37.1 Å². The molecule has 4 rings (SSSR count). The summed E-state index contributed by atoms with van der Waals surface area (Å²) in [7, 11) is 0. The summed E-state index contributed by atoms with van der Waals surface area (Å²) in [5, 5.41) is 13.5. The summed E-state index contributed by atoms with van der Waals surface area (Å²) < 4.78 is 21.7. The normalized spacial score (nSPS) is 16.0. The minimum Gasteiger partial charge on any atom is -0.548 e. The fourth-order valence-electron chi connectivity index (χ4n) is 3.27. The number of nitrogens with one attached hydrogen (secondary N) is 1. The minimum absolute atomic E-state index is 0.141. The number of allylic oxidation sites excluding steroid dienone is 1. The van der Waals surface area contributed by atoms with E-state index < -0.39 is 24.5 Å². The summed E-state index contributed by atoms with van der Waals surface area (Å²) in [5.74, 6) is -0.612. The van der Waals surface area contributed by atoms with Gasteiger partial charge in [0.1, 0.15) is 11.5 Å². The number of carboxylic acids is 1. The molecule has 2 aliphatic rings. The number of carbonyl (C=O) groups is 3. The van der Waals surface area contributed by atoms with Gasteiger partial charge in [0, 0.05) is 6.07 Å². The zero-order chi connectivity index (χ0) is 22.8. The van der Waals surface area contributed by atoms with Crippen LogP contribution in [-0.2, 0) is 9.59 Å². The molecule has 0 unspecified atom stereocenters. The Morgan fingerprint density at radius 1 is 1.12 bits per heavy atom. The van der Waals surface area contributed by atoms with Crippen LogP contribution in [0.2, 0.25) is 0 Å². The van der Waals surface area contributed by atoms with Crippen molar-refractivity contribution in [3.63, 3.8) is 0 Å². The number of amides is 1. The standard InChI is InChI=1S/C23H21NO8/c1-12(2)21(23(27)28)24-20(25)10-29-14-4-5-15-17(9-14)32-19(22(15)26)8-13-3-6-16-18(7-13)31-11-30-16/h3-9,12,21H,10-11H2,1-2H3,(H,24,25)(H,27,28)/p-1/b19-8-/t21-/m0/s1. The first-order valence-corrected chi connectivity index (χ1v) is 9.93. The molecule has 0 saturated carbocycles. The van der Waals surface area contributed by atoms with Crippen molar-refractivity contribution in [2.24, 2.45) is 5.92 Å². The Kier molecular flexibility index (Phi) is 5.72. The van der Waals surface area contributed by atoms with E-state index in [0.717, 1.165) is 0 Å². The van der Waals surface area contributed by atoms with Gasteiger partial charge >= 0.3 is 0 Å². The van der Waals surface area contributed by atoms with E-state index in [9.17, 15) is 19.5 Å². The molecule has 0 bridgehead atoms. The van der Waals surface area contributed by atoms with E-state index in [4.69, 9.17) is 18.9 Å². The Labute approximate surface area is 183 Å². The summed E-state index contributed by atoms with van der Waals surface area (Å²) in [5.41, 5.74) is 1.08. The maximum atomic E-state index is 12.6. The molecule has 1 atom stereocenters. The van der Waals surface area contributed by atoms with Crippen molar-refractivity contribution in [1.82, 2.24) is 5.32 Å². The molecule has 0 spiro atoms. The largest absolute Gasteiger partial charge is 0.548 e. The van der Waals surface area contributed by atoms with Crippen molar-refractivity contribution in [1.29, 1.82) is 0 Å². The molecule has 32 heavy (non-hydrogen) atoms. The Hall–Kier alpha value is -4.01. The van der Waals surface area contributed by atoms with E-state index in [1.807, 2.05) is 0 Å². The van der Waals surface area contributed by atoms with Gasteiger partial charge in [0.05, 0.1) is 17.6 Å². The first-order chi connectivity index (χ1) is 15.3. The number of Topliss-reactive ketones (excluding diaryl/α,β-unsaturated/α-hetero) is 1. The fourth-order valence-corrected chi connectivity index (χ4v) is 3.27. The number of rotatable bonds is 7. The van der Waals surface area contributed by atoms with E-state index >= 15 is 0 Å². The molecule has 9 heteroatoms.